The molecule has 0 spiro atoms. The van der Waals surface area contributed by atoms with Crippen LogP contribution in [0.25, 0.3) is 0 Å². The van der Waals surface area contributed by atoms with Gasteiger partial charge in [0.2, 0.25) is 5.91 Å². The molecule has 0 radical (unpaired) electrons. The van der Waals surface area contributed by atoms with Crippen molar-refractivity contribution >= 4 is 13.7 Å². The van der Waals surface area contributed by atoms with Crippen molar-refractivity contribution in [3.05, 3.63) is 24.3 Å². The molecule has 68 heavy (non-hydrogen) atoms. The highest BCUT2D eigenvalue weighted by Gasteiger charge is 2.23. The van der Waals surface area contributed by atoms with Gasteiger partial charge in [0.05, 0.1) is 39.9 Å². The Morgan fingerprint density at radius 3 is 1.18 bits per heavy atom. The van der Waals surface area contributed by atoms with Gasteiger partial charge in [0.1, 0.15) is 13.2 Å². The molecule has 9 heteroatoms. The van der Waals surface area contributed by atoms with Crippen molar-refractivity contribution in [1.29, 1.82) is 0 Å². The summed E-state index contributed by atoms with van der Waals surface area (Å²) < 4.78 is 23.1. The molecule has 3 unspecified atom stereocenters. The van der Waals surface area contributed by atoms with E-state index < -0.39 is 20.0 Å². The minimum atomic E-state index is -4.57. The first-order chi connectivity index (χ1) is 33.0. The third-order valence-electron chi connectivity index (χ3n) is 13.7. The molecule has 0 aliphatic carbocycles. The molecule has 1 amide bonds. The number of amides is 1. The molecule has 0 bridgehead atoms. The van der Waals surface area contributed by atoms with Gasteiger partial charge in [0.15, 0.2) is 0 Å². The Labute approximate surface area is 424 Å². The lowest BCUT2D eigenvalue weighted by Crippen LogP contribution is -2.45. The second-order valence-corrected chi connectivity index (χ2v) is 23.1. The Kier molecular flexibility index (Phi) is 50.1. The Balaban J connectivity index is 3.61. The van der Waals surface area contributed by atoms with Crippen LogP contribution < -0.4 is 10.2 Å². The average molecular weight is 982 g/mol. The highest BCUT2D eigenvalue weighted by molar-refractivity contribution is 7.45. The average Bonchev–Trinajstić information content (AvgIpc) is 3.30. The van der Waals surface area contributed by atoms with Crippen molar-refractivity contribution in [3.63, 3.8) is 0 Å². The second kappa shape index (κ2) is 50.9. The third kappa shape index (κ3) is 52.8. The fourth-order valence-electron chi connectivity index (χ4n) is 8.97. The van der Waals surface area contributed by atoms with Crippen LogP contribution >= 0.6 is 7.82 Å². The second-order valence-electron chi connectivity index (χ2n) is 21.7. The third-order valence-corrected chi connectivity index (χ3v) is 14.6. The van der Waals surface area contributed by atoms with Gasteiger partial charge in [-0.1, -0.05) is 269 Å². The molecular weight excluding hydrogens is 864 g/mol. The summed E-state index contributed by atoms with van der Waals surface area (Å²) >= 11 is 0. The Morgan fingerprint density at radius 2 is 0.809 bits per heavy atom. The highest BCUT2D eigenvalue weighted by atomic mass is 31.2. The number of allylic oxidation sites excluding steroid dienone is 3. The molecule has 0 aliphatic rings. The number of phosphoric acid groups is 1. The van der Waals surface area contributed by atoms with Gasteiger partial charge >= 0.3 is 0 Å². The molecule has 0 heterocycles. The normalized spacial score (nSPS) is 14.0. The van der Waals surface area contributed by atoms with Gasteiger partial charge in [-0.3, -0.25) is 9.36 Å². The van der Waals surface area contributed by atoms with Crippen LogP contribution in [-0.4, -0.2) is 68.5 Å². The number of nitrogens with one attached hydrogen (secondary N) is 1. The molecule has 0 aromatic carbocycles. The quantitative estimate of drug-likeness (QED) is 0.0272. The summed E-state index contributed by atoms with van der Waals surface area (Å²) in [7, 11) is 1.27. The fraction of sp³-hybridized carbons (Fsp3) is 0.915. The van der Waals surface area contributed by atoms with E-state index in [2.05, 4.69) is 31.3 Å². The lowest BCUT2D eigenvalue weighted by atomic mass is 10.0. The van der Waals surface area contributed by atoms with Gasteiger partial charge < -0.3 is 28.8 Å². The van der Waals surface area contributed by atoms with Crippen LogP contribution in [0, 0.1) is 0 Å². The highest BCUT2D eigenvalue weighted by Crippen LogP contribution is 2.38. The minimum Gasteiger partial charge on any atom is -0.756 e. The van der Waals surface area contributed by atoms with Crippen molar-refractivity contribution in [3.8, 4) is 0 Å². The molecule has 8 nitrogen and oxygen atoms in total. The number of aliphatic hydroxyl groups is 1. The number of likely N-dealkylation sites (N-methyl/N-ethyl adjacent to an activating group) is 1. The number of rotatable bonds is 55. The van der Waals surface area contributed by atoms with Crippen LogP contribution in [-0.2, 0) is 18.4 Å². The zero-order valence-corrected chi connectivity index (χ0v) is 47.0. The van der Waals surface area contributed by atoms with E-state index in [0.29, 0.717) is 17.4 Å². The fourth-order valence-corrected chi connectivity index (χ4v) is 9.70. The van der Waals surface area contributed by atoms with Gasteiger partial charge in [0, 0.05) is 6.42 Å². The molecule has 0 aromatic heterocycles. The summed E-state index contributed by atoms with van der Waals surface area (Å²) in [5, 5.41) is 13.6. The number of hydrogen-bond acceptors (Lipinski definition) is 6. The first-order valence-corrected chi connectivity index (χ1v) is 31.2. The van der Waals surface area contributed by atoms with Crippen molar-refractivity contribution in [2.45, 2.75) is 309 Å². The van der Waals surface area contributed by atoms with E-state index in [1.54, 1.807) is 6.08 Å². The smallest absolute Gasteiger partial charge is 0.268 e. The summed E-state index contributed by atoms with van der Waals surface area (Å²) in [6.45, 7) is 4.55. The van der Waals surface area contributed by atoms with Crippen LogP contribution in [0.1, 0.15) is 296 Å². The number of phosphoric ester groups is 1. The van der Waals surface area contributed by atoms with E-state index in [1.165, 1.54) is 231 Å². The molecule has 0 fully saturated rings. The first kappa shape index (κ1) is 67.0. The predicted molar refractivity (Wildman–Crippen MR) is 293 cm³/mol. The maximum atomic E-state index is 12.8. The molecule has 0 aliphatic heterocycles. The van der Waals surface area contributed by atoms with Crippen LogP contribution in [0.2, 0.25) is 0 Å². The molecule has 2 N–H and O–H groups in total. The summed E-state index contributed by atoms with van der Waals surface area (Å²) in [5.74, 6) is -0.200. The van der Waals surface area contributed by atoms with Gasteiger partial charge in [-0.2, -0.15) is 0 Å². The zero-order chi connectivity index (χ0) is 49.9. The number of hydrogen-bond donors (Lipinski definition) is 2. The van der Waals surface area contributed by atoms with Crippen LogP contribution in [0.5, 0.6) is 0 Å². The largest absolute Gasteiger partial charge is 0.756 e. The number of nitrogens with zero attached hydrogens (tertiary/aromatic N) is 1. The van der Waals surface area contributed by atoms with E-state index in [-0.39, 0.29) is 19.1 Å². The lowest BCUT2D eigenvalue weighted by molar-refractivity contribution is -0.870. The first-order valence-electron chi connectivity index (χ1n) is 29.7. The van der Waals surface area contributed by atoms with Gasteiger partial charge in [-0.25, -0.2) is 0 Å². The number of quaternary nitrogens is 1. The Hall–Kier alpha value is -1.02. The molecule has 404 valence electrons. The van der Waals surface area contributed by atoms with E-state index in [4.69, 9.17) is 9.05 Å². The SMILES string of the molecule is CCCCC/C=C/C(O)C(COP(=O)([O-])OCC[N+](C)(C)C)NC(=O)CCCCCCCCCCCCCCCCCCCCCCCCCCCCCCC/C=C\CCCCCCCCCC. The van der Waals surface area contributed by atoms with E-state index in [0.717, 1.165) is 44.9 Å². The number of carbonyl (C=O) groups is 1. The zero-order valence-electron chi connectivity index (χ0n) is 46.1. The van der Waals surface area contributed by atoms with Crippen molar-refractivity contribution < 1.29 is 32.9 Å². The topological polar surface area (TPSA) is 108 Å². The molecular formula is C59H117N2O6P. The van der Waals surface area contributed by atoms with Crippen LogP contribution in [0.3, 0.4) is 0 Å². The summed E-state index contributed by atoms with van der Waals surface area (Å²) in [5.41, 5.74) is 0. The van der Waals surface area contributed by atoms with Crippen LogP contribution in [0.15, 0.2) is 24.3 Å². The molecule has 3 atom stereocenters. The summed E-state index contributed by atoms with van der Waals surface area (Å²) in [4.78, 5) is 25.2. The molecule has 0 rings (SSSR count). The number of carbonyl (C=O) groups excluding carboxylic acids is 1. The van der Waals surface area contributed by atoms with E-state index >= 15 is 0 Å². The van der Waals surface area contributed by atoms with E-state index in [1.807, 2.05) is 27.2 Å². The standard InChI is InChI=1S/C59H117N2O6P/c1-6-8-10-12-13-14-15-16-17-18-19-20-21-22-23-24-25-26-27-28-29-30-31-32-33-34-35-36-37-38-39-40-41-42-43-44-45-46-47-49-51-53-59(63)60-57(58(62)52-50-48-11-9-7-2)56-67-68(64,65)66-55-54-61(3,4)5/h18-19,50,52,57-58,62H,6-17,20-49,51,53-56H2,1-5H3,(H-,60,63,64,65)/b19-18-,52-50+. The van der Waals surface area contributed by atoms with Crippen LogP contribution in [0.4, 0.5) is 0 Å². The summed E-state index contributed by atoms with van der Waals surface area (Å²) in [6, 6.07) is -0.879. The molecule has 0 saturated heterocycles. The van der Waals surface area contributed by atoms with Gasteiger partial charge in [-0.05, 0) is 44.9 Å². The number of unbranched alkanes of at least 4 members (excludes halogenated alkanes) is 40. The molecule has 0 aromatic rings. The molecule has 0 saturated carbocycles. The number of aliphatic hydroxyl groups excluding tert-OH is 1. The van der Waals surface area contributed by atoms with Crippen molar-refractivity contribution in [2.75, 3.05) is 40.9 Å². The lowest BCUT2D eigenvalue weighted by Gasteiger charge is -2.29. The summed E-state index contributed by atoms with van der Waals surface area (Å²) in [6.07, 6.45) is 65.1. The van der Waals surface area contributed by atoms with Gasteiger partial charge in [0.25, 0.3) is 7.82 Å². The Morgan fingerprint density at radius 1 is 0.500 bits per heavy atom. The van der Waals surface area contributed by atoms with E-state index in [9.17, 15) is 19.4 Å². The maximum absolute atomic E-state index is 12.8. The Bertz CT molecular complexity index is 1160. The monoisotopic (exact) mass is 981 g/mol. The predicted octanol–water partition coefficient (Wildman–Crippen LogP) is 17.4. The maximum Gasteiger partial charge on any atom is 0.268 e. The van der Waals surface area contributed by atoms with Gasteiger partial charge in [-0.15, -0.1) is 0 Å². The minimum absolute atomic E-state index is 0.000377. The van der Waals surface area contributed by atoms with Crippen molar-refractivity contribution in [1.82, 2.24) is 5.32 Å². The van der Waals surface area contributed by atoms with Crippen molar-refractivity contribution in [2.24, 2.45) is 0 Å².